The predicted molar refractivity (Wildman–Crippen MR) is 146 cm³/mol. The van der Waals surface area contributed by atoms with Crippen molar-refractivity contribution in [3.8, 4) is 6.07 Å². The number of hydrogen-bond donors (Lipinski definition) is 1. The fraction of sp³-hybridized carbons (Fsp3) is 0.567. The minimum atomic E-state index is -0.589. The van der Waals surface area contributed by atoms with Crippen molar-refractivity contribution in [2.75, 3.05) is 0 Å². The normalized spacial score (nSPS) is 11.2. The third kappa shape index (κ3) is 18.9. The Balaban J connectivity index is -0.000000470. The van der Waals surface area contributed by atoms with Crippen molar-refractivity contribution in [2.45, 2.75) is 107 Å². The van der Waals surface area contributed by atoms with Gasteiger partial charge in [0.25, 0.3) is 0 Å². The van der Waals surface area contributed by atoms with Gasteiger partial charge in [-0.05, 0) is 44.7 Å². The van der Waals surface area contributed by atoms with Gasteiger partial charge in [0.1, 0.15) is 11.6 Å². The lowest BCUT2D eigenvalue weighted by atomic mass is 9.98. The molecular weight excluding hydrogens is 409 g/mol. The molecule has 0 saturated heterocycles. The van der Waals surface area contributed by atoms with Gasteiger partial charge in [-0.3, -0.25) is 0 Å². The topological polar surface area (TPSA) is 44.0 Å². The summed E-state index contributed by atoms with van der Waals surface area (Å²) in [5, 5.41) is 18.1. The zero-order chi connectivity index (χ0) is 26.2. The van der Waals surface area contributed by atoms with Gasteiger partial charge in [-0.15, -0.1) is 0 Å². The second-order valence-electron chi connectivity index (χ2n) is 8.10. The summed E-state index contributed by atoms with van der Waals surface area (Å²) in [6.07, 6.45) is 9.93. The van der Waals surface area contributed by atoms with Gasteiger partial charge in [0.15, 0.2) is 0 Å². The van der Waals surface area contributed by atoms with Crippen LogP contribution in [0.2, 0.25) is 0 Å². The summed E-state index contributed by atoms with van der Waals surface area (Å²) in [5.41, 5.74) is 3.29. The summed E-state index contributed by atoms with van der Waals surface area (Å²) in [7, 11) is 0. The average Bonchev–Trinajstić information content (AvgIpc) is 2.81. The predicted octanol–water partition coefficient (Wildman–Crippen LogP) is 10.7. The molecule has 0 fully saturated rings. The highest BCUT2D eigenvalue weighted by Crippen LogP contribution is 2.25. The Labute approximate surface area is 204 Å². The number of rotatable bonds is 8. The zero-order valence-corrected chi connectivity index (χ0v) is 22.9. The van der Waals surface area contributed by atoms with E-state index in [9.17, 15) is 9.50 Å². The van der Waals surface area contributed by atoms with Gasteiger partial charge in [0.05, 0.1) is 6.07 Å². The van der Waals surface area contributed by atoms with Crippen LogP contribution in [0.25, 0.3) is 5.57 Å². The molecule has 3 heteroatoms. The molecule has 0 saturated carbocycles. The van der Waals surface area contributed by atoms with E-state index < -0.39 is 5.83 Å². The highest BCUT2D eigenvalue weighted by atomic mass is 19.1. The number of halogens is 1. The van der Waals surface area contributed by atoms with Crippen LogP contribution in [0.15, 0.2) is 54.1 Å². The lowest BCUT2D eigenvalue weighted by Crippen LogP contribution is -1.94. The number of aryl methyl sites for hydroxylation is 1. The van der Waals surface area contributed by atoms with Crippen LogP contribution in [0, 0.1) is 24.2 Å². The first-order valence-electron chi connectivity index (χ1n) is 12.5. The first-order chi connectivity index (χ1) is 15.6. The number of allylic oxidation sites excluding steroid dienone is 4. The molecule has 0 aliphatic rings. The van der Waals surface area contributed by atoms with Crippen molar-refractivity contribution in [1.82, 2.24) is 0 Å². The van der Waals surface area contributed by atoms with Crippen LogP contribution in [0.1, 0.15) is 111 Å². The van der Waals surface area contributed by atoms with Crippen LogP contribution in [0.4, 0.5) is 4.39 Å². The molecule has 0 radical (unpaired) electrons. The standard InChI is InChI=1S/C15H17FO.C8H15N.C4H10.C3H8/c1-5-14(11(3)15(17)12(4)16)13-8-6-10(2)7-9-13;1-3-5-8(7-9)6-4-2;1-3-4-2;1-3-2/h5-9,17H,1H2,2-4H3;8H,3-6H2,1-2H3;3-4H2,1-2H3;3H2,1-2H3/b14-11+,15-12-;;;. The van der Waals surface area contributed by atoms with Gasteiger partial charge >= 0.3 is 0 Å². The van der Waals surface area contributed by atoms with E-state index in [2.05, 4.69) is 54.2 Å². The van der Waals surface area contributed by atoms with E-state index in [-0.39, 0.29) is 5.76 Å². The monoisotopic (exact) mass is 459 g/mol. The highest BCUT2D eigenvalue weighted by molar-refractivity contribution is 5.78. The Bertz CT molecular complexity index is 696. The van der Waals surface area contributed by atoms with Crippen molar-refractivity contribution >= 4 is 5.57 Å². The minimum Gasteiger partial charge on any atom is -0.505 e. The van der Waals surface area contributed by atoms with Crippen LogP contribution in [-0.4, -0.2) is 5.11 Å². The molecule has 0 aliphatic carbocycles. The van der Waals surface area contributed by atoms with E-state index in [1.165, 1.54) is 26.2 Å². The van der Waals surface area contributed by atoms with Gasteiger partial charge < -0.3 is 5.11 Å². The lowest BCUT2D eigenvalue weighted by Gasteiger charge is -2.09. The lowest BCUT2D eigenvalue weighted by molar-refractivity contribution is 0.393. The molecule has 0 unspecified atom stereocenters. The molecule has 0 heterocycles. The maximum absolute atomic E-state index is 13.0. The number of benzene rings is 1. The molecule has 1 aromatic rings. The first-order valence-corrected chi connectivity index (χ1v) is 12.5. The van der Waals surface area contributed by atoms with E-state index in [1.807, 2.05) is 31.2 Å². The molecule has 1 N–H and O–H groups in total. The molecule has 0 spiro atoms. The van der Waals surface area contributed by atoms with E-state index >= 15 is 0 Å². The fourth-order valence-corrected chi connectivity index (χ4v) is 2.58. The average molecular weight is 460 g/mol. The Kier molecular flexibility index (Phi) is 26.0. The second kappa shape index (κ2) is 24.3. The number of aliphatic hydroxyl groups is 1. The Morgan fingerprint density at radius 2 is 1.39 bits per heavy atom. The largest absolute Gasteiger partial charge is 0.505 e. The molecule has 0 atom stereocenters. The van der Waals surface area contributed by atoms with E-state index in [1.54, 1.807) is 13.0 Å². The number of hydrogen-bond acceptors (Lipinski definition) is 2. The molecule has 33 heavy (non-hydrogen) atoms. The van der Waals surface area contributed by atoms with Crippen LogP contribution in [0.3, 0.4) is 0 Å². The summed E-state index contributed by atoms with van der Waals surface area (Å²) in [6, 6.07) is 10.1. The third-order valence-corrected chi connectivity index (χ3v) is 4.61. The van der Waals surface area contributed by atoms with Crippen LogP contribution in [-0.2, 0) is 0 Å². The Hall–Kier alpha value is -2.34. The summed E-state index contributed by atoms with van der Waals surface area (Å²) < 4.78 is 13.0. The van der Waals surface area contributed by atoms with Crippen molar-refractivity contribution in [2.24, 2.45) is 5.92 Å². The fourth-order valence-electron chi connectivity index (χ4n) is 2.58. The summed E-state index contributed by atoms with van der Waals surface area (Å²) in [5.74, 6) is -0.588. The Morgan fingerprint density at radius 1 is 0.970 bits per heavy atom. The van der Waals surface area contributed by atoms with Crippen molar-refractivity contribution < 1.29 is 9.50 Å². The van der Waals surface area contributed by atoms with Crippen molar-refractivity contribution in [1.29, 1.82) is 5.26 Å². The molecule has 2 nitrogen and oxygen atoms in total. The number of aliphatic hydroxyl groups excluding tert-OH is 1. The maximum Gasteiger partial charge on any atom is 0.150 e. The molecule has 1 aromatic carbocycles. The molecular formula is C30H50FNO. The van der Waals surface area contributed by atoms with Crippen LogP contribution in [0.5, 0.6) is 0 Å². The third-order valence-electron chi connectivity index (χ3n) is 4.61. The molecule has 188 valence electrons. The SMILES string of the molecule is C=C/C(=C(C)\C(O)=C(/C)F)c1ccc(C)cc1.CCC.CCCC.CCCC(C#N)CCC. The second-order valence-corrected chi connectivity index (χ2v) is 8.10. The van der Waals surface area contributed by atoms with Gasteiger partial charge in [0.2, 0.25) is 0 Å². The number of nitriles is 1. The van der Waals surface area contributed by atoms with Gasteiger partial charge in [0, 0.05) is 11.5 Å². The smallest absolute Gasteiger partial charge is 0.150 e. The van der Waals surface area contributed by atoms with E-state index in [0.717, 1.165) is 42.4 Å². The minimum absolute atomic E-state index is 0.319. The maximum atomic E-state index is 13.0. The van der Waals surface area contributed by atoms with E-state index in [0.29, 0.717) is 11.5 Å². The zero-order valence-electron chi connectivity index (χ0n) is 22.9. The molecule has 0 amide bonds. The molecule has 0 bridgehead atoms. The first kappa shape index (κ1) is 35.3. The van der Waals surface area contributed by atoms with Crippen molar-refractivity contribution in [3.05, 3.63) is 65.2 Å². The molecule has 0 aromatic heterocycles. The van der Waals surface area contributed by atoms with Gasteiger partial charge in [-0.1, -0.05) is 116 Å². The number of nitrogens with zero attached hydrogens (tertiary/aromatic N) is 1. The van der Waals surface area contributed by atoms with Gasteiger partial charge in [-0.2, -0.15) is 5.26 Å². The highest BCUT2D eigenvalue weighted by Gasteiger charge is 2.09. The number of unbranched alkanes of at least 4 members (excludes halogenated alkanes) is 1. The quantitative estimate of drug-likeness (QED) is 0.310. The molecule has 0 aliphatic heterocycles. The molecule has 1 rings (SSSR count). The van der Waals surface area contributed by atoms with Crippen LogP contribution >= 0.6 is 0 Å². The van der Waals surface area contributed by atoms with Crippen LogP contribution < -0.4 is 0 Å². The van der Waals surface area contributed by atoms with Gasteiger partial charge in [-0.25, -0.2) is 4.39 Å². The summed E-state index contributed by atoms with van der Waals surface area (Å²) in [4.78, 5) is 0. The Morgan fingerprint density at radius 3 is 1.67 bits per heavy atom. The summed E-state index contributed by atoms with van der Waals surface area (Å²) >= 11 is 0. The summed E-state index contributed by atoms with van der Waals surface area (Å²) in [6.45, 7) is 21.5. The van der Waals surface area contributed by atoms with Crippen molar-refractivity contribution in [3.63, 3.8) is 0 Å². The van der Waals surface area contributed by atoms with E-state index in [4.69, 9.17) is 5.26 Å².